The summed E-state index contributed by atoms with van der Waals surface area (Å²) in [7, 11) is 1.98. The lowest BCUT2D eigenvalue weighted by atomic mass is 10.00. The number of nitrogens with one attached hydrogen (secondary N) is 1. The summed E-state index contributed by atoms with van der Waals surface area (Å²) in [6, 6.07) is 2.78. The SMILES string of the molecule is Cn1ccc(CN2CCCCC2CNC(C)(C)C)n1. The van der Waals surface area contributed by atoms with Crippen LogP contribution in [0, 0.1) is 0 Å². The van der Waals surface area contributed by atoms with E-state index in [1.165, 1.54) is 31.5 Å². The summed E-state index contributed by atoms with van der Waals surface area (Å²) < 4.78 is 1.89. The average Bonchev–Trinajstić information content (AvgIpc) is 2.73. The molecule has 1 saturated heterocycles. The van der Waals surface area contributed by atoms with Crippen LogP contribution in [0.25, 0.3) is 0 Å². The Hall–Kier alpha value is -0.870. The van der Waals surface area contributed by atoms with E-state index in [0.29, 0.717) is 6.04 Å². The minimum Gasteiger partial charge on any atom is -0.311 e. The Kier molecular flexibility index (Phi) is 4.63. The Morgan fingerprint density at radius 3 is 2.79 bits per heavy atom. The zero-order chi connectivity index (χ0) is 13.9. The minimum atomic E-state index is 0.202. The Labute approximate surface area is 117 Å². The molecule has 1 N–H and O–H groups in total. The van der Waals surface area contributed by atoms with Gasteiger partial charge in [-0.2, -0.15) is 5.10 Å². The van der Waals surface area contributed by atoms with Gasteiger partial charge in [0.2, 0.25) is 0 Å². The van der Waals surface area contributed by atoms with Gasteiger partial charge in [0.05, 0.1) is 5.69 Å². The summed E-state index contributed by atoms with van der Waals surface area (Å²) in [5, 5.41) is 8.15. The van der Waals surface area contributed by atoms with E-state index in [1.807, 2.05) is 17.9 Å². The molecule has 0 bridgehead atoms. The van der Waals surface area contributed by atoms with Gasteiger partial charge < -0.3 is 5.32 Å². The highest BCUT2D eigenvalue weighted by atomic mass is 15.3. The van der Waals surface area contributed by atoms with E-state index in [1.54, 1.807) is 0 Å². The van der Waals surface area contributed by atoms with Gasteiger partial charge in [0, 0.05) is 37.9 Å². The van der Waals surface area contributed by atoms with Crippen LogP contribution in [0.1, 0.15) is 45.7 Å². The van der Waals surface area contributed by atoms with Crippen molar-refractivity contribution in [2.75, 3.05) is 13.1 Å². The molecule has 1 aliphatic heterocycles. The van der Waals surface area contributed by atoms with E-state index < -0.39 is 0 Å². The first-order valence-electron chi connectivity index (χ1n) is 7.42. The van der Waals surface area contributed by atoms with E-state index in [9.17, 15) is 0 Å². The maximum Gasteiger partial charge on any atom is 0.0764 e. The normalized spacial score (nSPS) is 21.8. The molecule has 2 rings (SSSR count). The molecule has 0 radical (unpaired) electrons. The molecule has 1 aromatic rings. The number of nitrogens with zero attached hydrogens (tertiary/aromatic N) is 3. The van der Waals surface area contributed by atoms with Gasteiger partial charge in [-0.1, -0.05) is 6.42 Å². The third kappa shape index (κ3) is 4.62. The lowest BCUT2D eigenvalue weighted by Crippen LogP contribution is -2.49. The van der Waals surface area contributed by atoms with Crippen LogP contribution < -0.4 is 5.32 Å². The molecule has 108 valence electrons. The Bertz CT molecular complexity index is 391. The number of piperidine rings is 1. The summed E-state index contributed by atoms with van der Waals surface area (Å²) >= 11 is 0. The number of likely N-dealkylation sites (tertiary alicyclic amines) is 1. The number of aromatic nitrogens is 2. The highest BCUT2D eigenvalue weighted by Gasteiger charge is 2.24. The van der Waals surface area contributed by atoms with Crippen molar-refractivity contribution in [3.8, 4) is 0 Å². The summed E-state index contributed by atoms with van der Waals surface area (Å²) in [5.74, 6) is 0. The zero-order valence-corrected chi connectivity index (χ0v) is 12.8. The third-order valence-corrected chi connectivity index (χ3v) is 3.75. The lowest BCUT2D eigenvalue weighted by Gasteiger charge is -2.37. The Morgan fingerprint density at radius 1 is 1.37 bits per heavy atom. The van der Waals surface area contributed by atoms with Crippen LogP contribution in [-0.4, -0.2) is 39.4 Å². The van der Waals surface area contributed by atoms with Gasteiger partial charge in [0.1, 0.15) is 0 Å². The van der Waals surface area contributed by atoms with Gasteiger partial charge >= 0.3 is 0 Å². The first-order chi connectivity index (χ1) is 8.94. The predicted octanol–water partition coefficient (Wildman–Crippen LogP) is 2.16. The predicted molar refractivity (Wildman–Crippen MR) is 79.0 cm³/mol. The van der Waals surface area contributed by atoms with Gasteiger partial charge in [-0.3, -0.25) is 9.58 Å². The molecular weight excluding hydrogens is 236 g/mol. The highest BCUT2D eigenvalue weighted by Crippen LogP contribution is 2.19. The van der Waals surface area contributed by atoms with Crippen LogP contribution in [-0.2, 0) is 13.6 Å². The Balaban J connectivity index is 1.92. The van der Waals surface area contributed by atoms with Crippen molar-refractivity contribution < 1.29 is 0 Å². The fraction of sp³-hybridized carbons (Fsp3) is 0.800. The molecule has 0 aromatic carbocycles. The van der Waals surface area contributed by atoms with E-state index in [2.05, 4.69) is 42.2 Å². The highest BCUT2D eigenvalue weighted by molar-refractivity contribution is 4.99. The van der Waals surface area contributed by atoms with Gasteiger partial charge in [0.15, 0.2) is 0 Å². The molecule has 4 heteroatoms. The molecule has 19 heavy (non-hydrogen) atoms. The van der Waals surface area contributed by atoms with Crippen molar-refractivity contribution in [2.24, 2.45) is 7.05 Å². The molecule has 1 fully saturated rings. The molecule has 1 unspecified atom stereocenters. The first kappa shape index (κ1) is 14.5. The number of rotatable bonds is 4. The van der Waals surface area contributed by atoms with Crippen molar-refractivity contribution >= 4 is 0 Å². The van der Waals surface area contributed by atoms with Crippen LogP contribution >= 0.6 is 0 Å². The fourth-order valence-corrected chi connectivity index (χ4v) is 2.68. The molecule has 1 aliphatic rings. The van der Waals surface area contributed by atoms with Gasteiger partial charge in [-0.05, 0) is 46.2 Å². The second kappa shape index (κ2) is 6.06. The molecular formula is C15H28N4. The van der Waals surface area contributed by atoms with Crippen LogP contribution in [0.5, 0.6) is 0 Å². The number of aryl methyl sites for hydroxylation is 1. The number of hydrogen-bond acceptors (Lipinski definition) is 3. The zero-order valence-electron chi connectivity index (χ0n) is 12.8. The van der Waals surface area contributed by atoms with E-state index in [4.69, 9.17) is 0 Å². The first-order valence-corrected chi connectivity index (χ1v) is 7.42. The smallest absolute Gasteiger partial charge is 0.0764 e. The molecule has 0 spiro atoms. The van der Waals surface area contributed by atoms with Crippen LogP contribution in [0.3, 0.4) is 0 Å². The summed E-state index contributed by atoms with van der Waals surface area (Å²) in [6.45, 7) is 9.97. The minimum absolute atomic E-state index is 0.202. The summed E-state index contributed by atoms with van der Waals surface area (Å²) in [5.41, 5.74) is 1.39. The topological polar surface area (TPSA) is 33.1 Å². The Morgan fingerprint density at radius 2 is 2.16 bits per heavy atom. The maximum absolute atomic E-state index is 4.50. The lowest BCUT2D eigenvalue weighted by molar-refractivity contribution is 0.129. The van der Waals surface area contributed by atoms with Crippen molar-refractivity contribution in [2.45, 2.75) is 58.2 Å². The van der Waals surface area contributed by atoms with E-state index >= 15 is 0 Å². The van der Waals surface area contributed by atoms with Crippen molar-refractivity contribution in [3.63, 3.8) is 0 Å². The molecule has 0 amide bonds. The monoisotopic (exact) mass is 264 g/mol. The molecule has 0 aliphatic carbocycles. The molecule has 1 atom stereocenters. The summed E-state index contributed by atoms with van der Waals surface area (Å²) in [6.07, 6.45) is 6.01. The van der Waals surface area contributed by atoms with Crippen LogP contribution in [0.15, 0.2) is 12.3 Å². The van der Waals surface area contributed by atoms with Crippen LogP contribution in [0.2, 0.25) is 0 Å². The van der Waals surface area contributed by atoms with Crippen molar-refractivity contribution in [3.05, 3.63) is 18.0 Å². The number of hydrogen-bond donors (Lipinski definition) is 1. The molecule has 0 saturated carbocycles. The van der Waals surface area contributed by atoms with Crippen molar-refractivity contribution in [1.82, 2.24) is 20.0 Å². The molecule has 4 nitrogen and oxygen atoms in total. The fourth-order valence-electron chi connectivity index (χ4n) is 2.68. The standard InChI is InChI=1S/C15H28N4/c1-15(2,3)16-11-14-7-5-6-9-19(14)12-13-8-10-18(4)17-13/h8,10,14,16H,5-7,9,11-12H2,1-4H3. The van der Waals surface area contributed by atoms with Gasteiger partial charge in [-0.25, -0.2) is 0 Å². The quantitative estimate of drug-likeness (QED) is 0.904. The average molecular weight is 264 g/mol. The summed E-state index contributed by atoms with van der Waals surface area (Å²) in [4.78, 5) is 2.59. The molecule has 1 aromatic heterocycles. The van der Waals surface area contributed by atoms with E-state index in [-0.39, 0.29) is 5.54 Å². The third-order valence-electron chi connectivity index (χ3n) is 3.75. The second-order valence-electron chi connectivity index (χ2n) is 6.73. The van der Waals surface area contributed by atoms with Gasteiger partial charge in [0.25, 0.3) is 0 Å². The maximum atomic E-state index is 4.50. The second-order valence-corrected chi connectivity index (χ2v) is 6.73. The molecule has 2 heterocycles. The van der Waals surface area contributed by atoms with Gasteiger partial charge in [-0.15, -0.1) is 0 Å². The van der Waals surface area contributed by atoms with Crippen molar-refractivity contribution in [1.29, 1.82) is 0 Å². The van der Waals surface area contributed by atoms with Crippen LogP contribution in [0.4, 0.5) is 0 Å². The van der Waals surface area contributed by atoms with E-state index in [0.717, 1.165) is 13.1 Å². The largest absolute Gasteiger partial charge is 0.311 e.